The fraction of sp³-hybridized carbons (Fsp3) is 1.00. The van der Waals surface area contributed by atoms with E-state index in [1.807, 2.05) is 6.26 Å². The summed E-state index contributed by atoms with van der Waals surface area (Å²) in [6.07, 6.45) is 7.44. The molecule has 0 saturated heterocycles. The van der Waals surface area contributed by atoms with Crippen molar-refractivity contribution < 1.29 is 4.21 Å². The van der Waals surface area contributed by atoms with Gasteiger partial charge in [-0.05, 0) is 25.5 Å². The van der Waals surface area contributed by atoms with Gasteiger partial charge in [-0.1, -0.05) is 0 Å². The summed E-state index contributed by atoms with van der Waals surface area (Å²) in [4.78, 5) is 0. The lowest BCUT2D eigenvalue weighted by Gasteiger charge is -2.37. The van der Waals surface area contributed by atoms with E-state index in [1.54, 1.807) is 11.8 Å². The van der Waals surface area contributed by atoms with Crippen LogP contribution in [0.3, 0.4) is 0 Å². The molecule has 1 unspecified atom stereocenters. The van der Waals surface area contributed by atoms with Gasteiger partial charge < -0.3 is 0 Å². The standard InChI is InChI=1S/C6H12OS2/c1-8-6(9(2)7)4-3-5-6/h3-5H2,1-2H3. The quantitative estimate of drug-likeness (QED) is 0.617. The lowest BCUT2D eigenvalue weighted by atomic mass is 9.99. The highest BCUT2D eigenvalue weighted by atomic mass is 32.2. The fourth-order valence-electron chi connectivity index (χ4n) is 1.07. The van der Waals surface area contributed by atoms with Crippen molar-refractivity contribution in [3.8, 4) is 0 Å². The van der Waals surface area contributed by atoms with Gasteiger partial charge in [0.2, 0.25) is 0 Å². The van der Waals surface area contributed by atoms with E-state index in [0.717, 1.165) is 12.8 Å². The zero-order chi connectivity index (χ0) is 6.91. The summed E-state index contributed by atoms with van der Waals surface area (Å²) in [5.74, 6) is 0. The summed E-state index contributed by atoms with van der Waals surface area (Å²) in [7, 11) is -0.619. The van der Waals surface area contributed by atoms with Gasteiger partial charge >= 0.3 is 0 Å². The lowest BCUT2D eigenvalue weighted by Crippen LogP contribution is -2.37. The Morgan fingerprint density at radius 3 is 2.11 bits per heavy atom. The predicted octanol–water partition coefficient (Wildman–Crippen LogP) is 1.61. The van der Waals surface area contributed by atoms with Crippen molar-refractivity contribution in [1.29, 1.82) is 0 Å². The van der Waals surface area contributed by atoms with E-state index in [-0.39, 0.29) is 4.08 Å². The van der Waals surface area contributed by atoms with Crippen LogP contribution in [0.1, 0.15) is 19.3 Å². The van der Waals surface area contributed by atoms with E-state index in [9.17, 15) is 4.21 Å². The average molecular weight is 164 g/mol. The molecule has 0 heterocycles. The molecule has 0 aromatic heterocycles. The fourth-order valence-corrected chi connectivity index (χ4v) is 3.57. The maximum atomic E-state index is 11.1. The Kier molecular flexibility index (Phi) is 2.22. The minimum absolute atomic E-state index is 0.153. The third-order valence-corrected chi connectivity index (χ3v) is 5.82. The highest BCUT2D eigenvalue weighted by molar-refractivity contribution is 8.12. The first-order chi connectivity index (χ1) is 4.21. The second-order valence-electron chi connectivity index (χ2n) is 2.42. The van der Waals surface area contributed by atoms with Gasteiger partial charge in [0.25, 0.3) is 0 Å². The molecule has 1 saturated carbocycles. The van der Waals surface area contributed by atoms with Crippen molar-refractivity contribution >= 4 is 22.6 Å². The van der Waals surface area contributed by atoms with Gasteiger partial charge in [-0.2, -0.15) is 0 Å². The molecule has 1 atom stereocenters. The van der Waals surface area contributed by atoms with E-state index in [2.05, 4.69) is 6.26 Å². The van der Waals surface area contributed by atoms with Gasteiger partial charge in [-0.15, -0.1) is 11.8 Å². The molecule has 3 heteroatoms. The zero-order valence-electron chi connectivity index (χ0n) is 5.85. The third-order valence-electron chi connectivity index (χ3n) is 2.01. The van der Waals surface area contributed by atoms with Crippen LogP contribution in [0.25, 0.3) is 0 Å². The topological polar surface area (TPSA) is 17.1 Å². The average Bonchev–Trinajstić information content (AvgIpc) is 1.62. The van der Waals surface area contributed by atoms with Crippen LogP contribution in [0.4, 0.5) is 0 Å². The largest absolute Gasteiger partial charge is 0.258 e. The normalized spacial score (nSPS) is 26.9. The predicted molar refractivity (Wildman–Crippen MR) is 44.2 cm³/mol. The first kappa shape index (κ1) is 7.61. The molecular formula is C6H12OS2. The monoisotopic (exact) mass is 164 g/mol. The highest BCUT2D eigenvalue weighted by Crippen LogP contribution is 2.44. The molecule has 0 aliphatic heterocycles. The van der Waals surface area contributed by atoms with Crippen molar-refractivity contribution in [3.63, 3.8) is 0 Å². The molecule has 1 fully saturated rings. The van der Waals surface area contributed by atoms with Crippen LogP contribution in [0, 0.1) is 0 Å². The Bertz CT molecular complexity index is 124. The number of hydrogen-bond acceptors (Lipinski definition) is 2. The summed E-state index contributed by atoms with van der Waals surface area (Å²) >= 11 is 1.77. The van der Waals surface area contributed by atoms with E-state index >= 15 is 0 Å². The molecule has 1 rings (SSSR count). The molecule has 0 amide bonds. The number of rotatable bonds is 2. The molecule has 0 aromatic carbocycles. The van der Waals surface area contributed by atoms with Crippen molar-refractivity contribution in [2.24, 2.45) is 0 Å². The number of thioether (sulfide) groups is 1. The Balaban J connectivity index is 2.57. The third kappa shape index (κ3) is 1.17. The highest BCUT2D eigenvalue weighted by Gasteiger charge is 2.39. The SMILES string of the molecule is CSC1(S(C)=O)CCC1. The molecular weight excluding hydrogens is 152 g/mol. The van der Waals surface area contributed by atoms with Gasteiger partial charge in [0.05, 0.1) is 4.08 Å². The summed E-state index contributed by atoms with van der Waals surface area (Å²) in [5.41, 5.74) is 0. The Labute approximate surface area is 63.1 Å². The lowest BCUT2D eigenvalue weighted by molar-refractivity contribution is 0.471. The second-order valence-corrected chi connectivity index (χ2v) is 5.56. The van der Waals surface area contributed by atoms with Crippen LogP contribution in [-0.4, -0.2) is 20.8 Å². The second kappa shape index (κ2) is 2.62. The van der Waals surface area contributed by atoms with Crippen LogP contribution in [-0.2, 0) is 10.8 Å². The van der Waals surface area contributed by atoms with Crippen LogP contribution < -0.4 is 0 Å². The summed E-state index contributed by atoms with van der Waals surface area (Å²) in [5, 5.41) is 0. The minimum Gasteiger partial charge on any atom is -0.258 e. The van der Waals surface area contributed by atoms with Crippen LogP contribution in [0.15, 0.2) is 0 Å². The molecule has 1 aliphatic rings. The summed E-state index contributed by atoms with van der Waals surface area (Å²) in [6, 6.07) is 0. The first-order valence-electron chi connectivity index (χ1n) is 3.10. The summed E-state index contributed by atoms with van der Waals surface area (Å²) in [6.45, 7) is 0. The Morgan fingerprint density at radius 1 is 1.56 bits per heavy atom. The van der Waals surface area contributed by atoms with E-state index in [1.165, 1.54) is 6.42 Å². The molecule has 0 aromatic rings. The van der Waals surface area contributed by atoms with E-state index < -0.39 is 10.8 Å². The van der Waals surface area contributed by atoms with Crippen molar-refractivity contribution in [3.05, 3.63) is 0 Å². The van der Waals surface area contributed by atoms with Crippen LogP contribution in [0.5, 0.6) is 0 Å². The van der Waals surface area contributed by atoms with Crippen LogP contribution in [0.2, 0.25) is 0 Å². The van der Waals surface area contributed by atoms with Gasteiger partial charge in [-0.25, -0.2) is 0 Å². The summed E-state index contributed by atoms with van der Waals surface area (Å²) < 4.78 is 11.2. The molecule has 0 radical (unpaired) electrons. The molecule has 54 valence electrons. The molecule has 1 nitrogen and oxygen atoms in total. The Morgan fingerprint density at radius 2 is 2.11 bits per heavy atom. The van der Waals surface area contributed by atoms with Gasteiger partial charge in [0.15, 0.2) is 0 Å². The number of hydrogen-bond donors (Lipinski definition) is 0. The molecule has 0 N–H and O–H groups in total. The zero-order valence-corrected chi connectivity index (χ0v) is 7.48. The van der Waals surface area contributed by atoms with Gasteiger partial charge in [-0.3, -0.25) is 4.21 Å². The van der Waals surface area contributed by atoms with Gasteiger partial charge in [0, 0.05) is 17.1 Å². The van der Waals surface area contributed by atoms with Crippen molar-refractivity contribution in [2.45, 2.75) is 23.3 Å². The molecule has 0 bridgehead atoms. The van der Waals surface area contributed by atoms with Crippen LogP contribution >= 0.6 is 11.8 Å². The maximum absolute atomic E-state index is 11.1. The van der Waals surface area contributed by atoms with Crippen molar-refractivity contribution in [1.82, 2.24) is 0 Å². The first-order valence-corrected chi connectivity index (χ1v) is 5.88. The molecule has 1 aliphatic carbocycles. The maximum Gasteiger partial charge on any atom is 0.0903 e. The molecule has 9 heavy (non-hydrogen) atoms. The van der Waals surface area contributed by atoms with Gasteiger partial charge in [0.1, 0.15) is 0 Å². The molecule has 0 spiro atoms. The van der Waals surface area contributed by atoms with E-state index in [0.29, 0.717) is 0 Å². The minimum atomic E-state index is -0.619. The van der Waals surface area contributed by atoms with Crippen molar-refractivity contribution in [2.75, 3.05) is 12.5 Å². The smallest absolute Gasteiger partial charge is 0.0903 e. The van der Waals surface area contributed by atoms with E-state index in [4.69, 9.17) is 0 Å². The Hall–Kier alpha value is 0.500.